The molecule has 2 aliphatic rings. The van der Waals surface area contributed by atoms with E-state index in [4.69, 9.17) is 0 Å². The quantitative estimate of drug-likeness (QED) is 0.747. The van der Waals surface area contributed by atoms with Crippen molar-refractivity contribution in [3.8, 4) is 6.07 Å². The van der Waals surface area contributed by atoms with Crippen LogP contribution in [0.4, 0.5) is 0 Å². The molecule has 1 heterocycles. The average molecular weight is 249 g/mol. The van der Waals surface area contributed by atoms with Gasteiger partial charge < -0.3 is 4.90 Å². The third kappa shape index (κ3) is 2.37. The zero-order valence-electron chi connectivity index (χ0n) is 11.5. The molecule has 2 fully saturated rings. The third-order valence-corrected chi connectivity index (χ3v) is 4.64. The van der Waals surface area contributed by atoms with E-state index in [9.17, 15) is 10.1 Å². The Morgan fingerprint density at radius 1 is 1.28 bits per heavy atom. The van der Waals surface area contributed by atoms with Crippen LogP contribution in [-0.4, -0.2) is 48.4 Å². The Morgan fingerprint density at radius 3 is 2.28 bits per heavy atom. The molecule has 100 valence electrons. The molecule has 0 unspecified atom stereocenters. The average Bonchev–Trinajstić information content (AvgIpc) is 2.91. The maximum absolute atomic E-state index is 12.3. The van der Waals surface area contributed by atoms with E-state index in [1.165, 1.54) is 0 Å². The van der Waals surface area contributed by atoms with E-state index in [1.807, 2.05) is 23.9 Å². The third-order valence-electron chi connectivity index (χ3n) is 4.64. The highest BCUT2D eigenvalue weighted by atomic mass is 16.2. The summed E-state index contributed by atoms with van der Waals surface area (Å²) in [6, 6.07) is 2.45. The molecule has 0 N–H and O–H groups in total. The second-order valence-electron chi connectivity index (χ2n) is 5.84. The van der Waals surface area contributed by atoms with Gasteiger partial charge in [0.15, 0.2) is 0 Å². The van der Waals surface area contributed by atoms with Crippen molar-refractivity contribution in [2.75, 3.05) is 27.2 Å². The first-order valence-electron chi connectivity index (χ1n) is 6.96. The van der Waals surface area contributed by atoms with Gasteiger partial charge in [0.25, 0.3) is 0 Å². The van der Waals surface area contributed by atoms with Crippen molar-refractivity contribution in [3.63, 3.8) is 0 Å². The molecule has 4 nitrogen and oxygen atoms in total. The monoisotopic (exact) mass is 249 g/mol. The fourth-order valence-corrected chi connectivity index (χ4v) is 3.20. The lowest BCUT2D eigenvalue weighted by atomic mass is 9.76. The normalized spacial score (nSPS) is 32.6. The molecule has 2 rings (SSSR count). The Kier molecular flexibility index (Phi) is 3.91. The number of amides is 1. The Labute approximate surface area is 110 Å². The summed E-state index contributed by atoms with van der Waals surface area (Å²) < 4.78 is 0. The van der Waals surface area contributed by atoms with Crippen LogP contribution in [0.3, 0.4) is 0 Å². The van der Waals surface area contributed by atoms with Crippen LogP contribution in [0.5, 0.6) is 0 Å². The Morgan fingerprint density at radius 2 is 1.83 bits per heavy atom. The molecule has 1 saturated heterocycles. The van der Waals surface area contributed by atoms with Crippen molar-refractivity contribution in [2.45, 2.75) is 44.1 Å². The highest BCUT2D eigenvalue weighted by Crippen LogP contribution is 2.36. The summed E-state index contributed by atoms with van der Waals surface area (Å²) in [5, 5.41) is 9.36. The van der Waals surface area contributed by atoms with Crippen molar-refractivity contribution < 1.29 is 4.79 Å². The molecule has 0 aromatic heterocycles. The first-order chi connectivity index (χ1) is 8.59. The number of nitriles is 1. The minimum atomic E-state index is -0.345. The van der Waals surface area contributed by atoms with Gasteiger partial charge in [0.1, 0.15) is 5.54 Å². The largest absolute Gasteiger partial charge is 0.342 e. The van der Waals surface area contributed by atoms with Gasteiger partial charge in [0, 0.05) is 19.0 Å². The van der Waals surface area contributed by atoms with Crippen LogP contribution >= 0.6 is 0 Å². The first-order valence-corrected chi connectivity index (χ1v) is 6.96. The fraction of sp³-hybridized carbons (Fsp3) is 0.857. The molecule has 18 heavy (non-hydrogen) atoms. The maximum atomic E-state index is 12.3. The van der Waals surface area contributed by atoms with Gasteiger partial charge in [-0.15, -0.1) is 0 Å². The number of likely N-dealkylation sites (tertiary alicyclic amines) is 1. The zero-order chi connectivity index (χ0) is 13.2. The lowest BCUT2D eigenvalue weighted by Gasteiger charge is -2.39. The SMILES string of the molecule is CN(C)C1(C#N)CCC(C(=O)N2CCCC2)CC1. The molecule has 0 aromatic carbocycles. The number of nitrogens with zero attached hydrogens (tertiary/aromatic N) is 3. The molecule has 0 bridgehead atoms. The molecule has 1 aliphatic heterocycles. The Bertz CT molecular complexity index is 345. The first kappa shape index (κ1) is 13.4. The number of carbonyl (C=O) groups excluding carboxylic acids is 1. The van der Waals surface area contributed by atoms with Gasteiger partial charge in [0.05, 0.1) is 6.07 Å². The second-order valence-corrected chi connectivity index (χ2v) is 5.84. The minimum Gasteiger partial charge on any atom is -0.342 e. The van der Waals surface area contributed by atoms with Gasteiger partial charge in [-0.2, -0.15) is 5.26 Å². The van der Waals surface area contributed by atoms with Crippen molar-refractivity contribution in [3.05, 3.63) is 0 Å². The lowest BCUT2D eigenvalue weighted by molar-refractivity contribution is -0.136. The summed E-state index contributed by atoms with van der Waals surface area (Å²) in [5.74, 6) is 0.488. The van der Waals surface area contributed by atoms with E-state index in [-0.39, 0.29) is 11.5 Å². The maximum Gasteiger partial charge on any atom is 0.225 e. The van der Waals surface area contributed by atoms with Gasteiger partial charge in [-0.3, -0.25) is 9.69 Å². The molecule has 1 aliphatic carbocycles. The Hall–Kier alpha value is -1.08. The highest BCUT2D eigenvalue weighted by molar-refractivity contribution is 5.79. The van der Waals surface area contributed by atoms with E-state index in [1.54, 1.807) is 0 Å². The fourth-order valence-electron chi connectivity index (χ4n) is 3.20. The van der Waals surface area contributed by atoms with E-state index in [0.29, 0.717) is 5.91 Å². The summed E-state index contributed by atoms with van der Waals surface area (Å²) in [6.07, 6.45) is 5.67. The molecule has 0 spiro atoms. The zero-order valence-corrected chi connectivity index (χ0v) is 11.5. The molecular formula is C14H23N3O. The van der Waals surface area contributed by atoms with Gasteiger partial charge >= 0.3 is 0 Å². The van der Waals surface area contributed by atoms with Crippen molar-refractivity contribution in [1.82, 2.24) is 9.80 Å². The van der Waals surface area contributed by atoms with Gasteiger partial charge in [-0.05, 0) is 52.6 Å². The molecule has 1 saturated carbocycles. The molecule has 1 amide bonds. The van der Waals surface area contributed by atoms with Gasteiger partial charge in [-0.25, -0.2) is 0 Å². The van der Waals surface area contributed by atoms with Crippen LogP contribution in [-0.2, 0) is 4.79 Å². The molecular weight excluding hydrogens is 226 g/mol. The molecule has 0 radical (unpaired) electrons. The number of hydrogen-bond donors (Lipinski definition) is 0. The van der Waals surface area contributed by atoms with E-state index >= 15 is 0 Å². The molecule has 4 heteroatoms. The minimum absolute atomic E-state index is 0.157. The van der Waals surface area contributed by atoms with E-state index in [2.05, 4.69) is 6.07 Å². The van der Waals surface area contributed by atoms with E-state index in [0.717, 1.165) is 51.6 Å². The summed E-state index contributed by atoms with van der Waals surface area (Å²) in [6.45, 7) is 1.87. The molecule has 0 atom stereocenters. The Balaban J connectivity index is 1.94. The van der Waals surface area contributed by atoms with Crippen LogP contribution in [0, 0.1) is 17.2 Å². The van der Waals surface area contributed by atoms with Crippen molar-refractivity contribution >= 4 is 5.91 Å². The van der Waals surface area contributed by atoms with Crippen molar-refractivity contribution in [2.24, 2.45) is 5.92 Å². The summed E-state index contributed by atoms with van der Waals surface area (Å²) >= 11 is 0. The lowest BCUT2D eigenvalue weighted by Crippen LogP contribution is -2.48. The molecule has 0 aromatic rings. The van der Waals surface area contributed by atoms with Crippen LogP contribution in [0.25, 0.3) is 0 Å². The van der Waals surface area contributed by atoms with Crippen molar-refractivity contribution in [1.29, 1.82) is 5.26 Å². The smallest absolute Gasteiger partial charge is 0.225 e. The van der Waals surface area contributed by atoms with Gasteiger partial charge in [0.2, 0.25) is 5.91 Å². The van der Waals surface area contributed by atoms with Crippen LogP contribution < -0.4 is 0 Å². The number of hydrogen-bond acceptors (Lipinski definition) is 3. The van der Waals surface area contributed by atoms with Crippen LogP contribution in [0.15, 0.2) is 0 Å². The summed E-state index contributed by atoms with van der Waals surface area (Å²) in [7, 11) is 3.93. The van der Waals surface area contributed by atoms with Gasteiger partial charge in [-0.1, -0.05) is 0 Å². The number of rotatable bonds is 2. The standard InChI is InChI=1S/C14H23N3O/c1-16(2)14(11-15)7-5-12(6-8-14)13(18)17-9-3-4-10-17/h12H,3-10H2,1-2H3. The summed E-state index contributed by atoms with van der Waals surface area (Å²) in [5.41, 5.74) is -0.345. The predicted octanol–water partition coefficient (Wildman–Crippen LogP) is 1.62. The summed E-state index contributed by atoms with van der Waals surface area (Å²) in [4.78, 5) is 16.3. The van der Waals surface area contributed by atoms with E-state index < -0.39 is 0 Å². The number of carbonyl (C=O) groups is 1. The second kappa shape index (κ2) is 5.27. The highest BCUT2D eigenvalue weighted by Gasteiger charge is 2.40. The van der Waals surface area contributed by atoms with Crippen LogP contribution in [0.1, 0.15) is 38.5 Å². The van der Waals surface area contributed by atoms with Crippen LogP contribution in [0.2, 0.25) is 0 Å². The topological polar surface area (TPSA) is 47.3 Å². The predicted molar refractivity (Wildman–Crippen MR) is 69.8 cm³/mol.